The zero-order valence-corrected chi connectivity index (χ0v) is 11.5. The van der Waals surface area contributed by atoms with Crippen molar-refractivity contribution in [2.45, 2.75) is 51.5 Å². The van der Waals surface area contributed by atoms with E-state index in [1.165, 1.54) is 12.8 Å². The van der Waals surface area contributed by atoms with Crippen LogP contribution in [0.4, 0.5) is 4.79 Å². The summed E-state index contributed by atoms with van der Waals surface area (Å²) in [5.74, 6) is 0.533. The van der Waals surface area contributed by atoms with Crippen LogP contribution in [0.3, 0.4) is 0 Å². The number of nitrogens with one attached hydrogen (secondary N) is 1. The summed E-state index contributed by atoms with van der Waals surface area (Å²) in [6.07, 6.45) is 6.93. The highest BCUT2D eigenvalue weighted by Gasteiger charge is 2.24. The fraction of sp³-hybridized carbons (Fsp3) is 0.929. The van der Waals surface area contributed by atoms with E-state index in [2.05, 4.69) is 12.2 Å². The molecule has 0 aromatic carbocycles. The third-order valence-electron chi connectivity index (χ3n) is 3.97. The number of carbonyl (C=O) groups excluding carboxylic acids is 1. The van der Waals surface area contributed by atoms with E-state index in [4.69, 9.17) is 4.74 Å². The molecule has 1 aliphatic carbocycles. The number of ether oxygens (including phenoxy) is 1. The van der Waals surface area contributed by atoms with E-state index in [0.717, 1.165) is 52.0 Å². The largest absolute Gasteiger partial charge is 0.381 e. The zero-order valence-electron chi connectivity index (χ0n) is 11.5. The molecule has 4 nitrogen and oxygen atoms in total. The fourth-order valence-corrected chi connectivity index (χ4v) is 2.92. The lowest BCUT2D eigenvalue weighted by atomic mass is 10.1. The van der Waals surface area contributed by atoms with Crippen molar-refractivity contribution in [1.82, 2.24) is 10.2 Å². The molecule has 2 fully saturated rings. The number of urea groups is 1. The summed E-state index contributed by atoms with van der Waals surface area (Å²) in [4.78, 5) is 14.2. The maximum absolute atomic E-state index is 12.3. The van der Waals surface area contributed by atoms with Crippen molar-refractivity contribution in [3.8, 4) is 0 Å². The predicted octanol–water partition coefficient (Wildman–Crippen LogP) is 2.39. The second kappa shape index (κ2) is 6.98. The molecule has 1 N–H and O–H groups in total. The van der Waals surface area contributed by atoms with Crippen LogP contribution in [0.1, 0.15) is 45.4 Å². The minimum atomic E-state index is 0.135. The standard InChI is InChI=1S/C14H26N2O2/c1-2-8-16(10-12-7-9-18-11-12)14(17)15-13-5-3-4-6-13/h12-13H,2-11H2,1H3,(H,15,17). The van der Waals surface area contributed by atoms with Gasteiger partial charge in [0.1, 0.15) is 0 Å². The van der Waals surface area contributed by atoms with Crippen molar-refractivity contribution >= 4 is 6.03 Å². The number of rotatable bonds is 5. The summed E-state index contributed by atoms with van der Waals surface area (Å²) >= 11 is 0. The number of hydrogen-bond acceptors (Lipinski definition) is 2. The second-order valence-electron chi connectivity index (χ2n) is 5.61. The van der Waals surface area contributed by atoms with Gasteiger partial charge in [-0.2, -0.15) is 0 Å². The summed E-state index contributed by atoms with van der Waals surface area (Å²) < 4.78 is 5.39. The number of amides is 2. The number of hydrogen-bond donors (Lipinski definition) is 1. The van der Waals surface area contributed by atoms with Crippen molar-refractivity contribution in [2.75, 3.05) is 26.3 Å². The van der Waals surface area contributed by atoms with E-state index in [0.29, 0.717) is 12.0 Å². The summed E-state index contributed by atoms with van der Waals surface area (Å²) in [5, 5.41) is 3.18. The summed E-state index contributed by atoms with van der Waals surface area (Å²) in [6.45, 7) is 5.51. The third-order valence-corrected chi connectivity index (χ3v) is 3.97. The quantitative estimate of drug-likeness (QED) is 0.818. The topological polar surface area (TPSA) is 41.6 Å². The van der Waals surface area contributed by atoms with E-state index in [1.54, 1.807) is 0 Å². The lowest BCUT2D eigenvalue weighted by Gasteiger charge is -2.26. The van der Waals surface area contributed by atoms with Crippen LogP contribution in [0.2, 0.25) is 0 Å². The van der Waals surface area contributed by atoms with E-state index < -0.39 is 0 Å². The highest BCUT2D eigenvalue weighted by Crippen LogP contribution is 2.19. The van der Waals surface area contributed by atoms with Crippen molar-refractivity contribution in [2.24, 2.45) is 5.92 Å². The van der Waals surface area contributed by atoms with Gasteiger partial charge in [-0.1, -0.05) is 19.8 Å². The minimum absolute atomic E-state index is 0.135. The lowest BCUT2D eigenvalue weighted by Crippen LogP contribution is -2.46. The molecule has 1 aliphatic heterocycles. The van der Waals surface area contributed by atoms with Gasteiger partial charge in [-0.3, -0.25) is 0 Å². The van der Waals surface area contributed by atoms with Gasteiger partial charge in [0, 0.05) is 31.7 Å². The lowest BCUT2D eigenvalue weighted by molar-refractivity contribution is 0.163. The van der Waals surface area contributed by atoms with Gasteiger partial charge >= 0.3 is 6.03 Å². The van der Waals surface area contributed by atoms with Crippen LogP contribution < -0.4 is 5.32 Å². The maximum atomic E-state index is 12.3. The Labute approximate surface area is 110 Å². The van der Waals surface area contributed by atoms with Gasteiger partial charge in [0.15, 0.2) is 0 Å². The predicted molar refractivity (Wildman–Crippen MR) is 71.6 cm³/mol. The van der Waals surface area contributed by atoms with Crippen LogP contribution in [0, 0.1) is 5.92 Å². The van der Waals surface area contributed by atoms with Gasteiger partial charge in [0.05, 0.1) is 6.61 Å². The van der Waals surface area contributed by atoms with Crippen molar-refractivity contribution in [1.29, 1.82) is 0 Å². The minimum Gasteiger partial charge on any atom is -0.381 e. The zero-order chi connectivity index (χ0) is 12.8. The van der Waals surface area contributed by atoms with Crippen LogP contribution in [-0.4, -0.2) is 43.3 Å². The van der Waals surface area contributed by atoms with Crippen LogP contribution in [0.5, 0.6) is 0 Å². The van der Waals surface area contributed by atoms with E-state index in [9.17, 15) is 4.79 Å². The van der Waals surface area contributed by atoms with Crippen LogP contribution in [-0.2, 0) is 4.74 Å². The molecular weight excluding hydrogens is 228 g/mol. The van der Waals surface area contributed by atoms with Gasteiger partial charge in [-0.15, -0.1) is 0 Å². The fourth-order valence-electron chi connectivity index (χ4n) is 2.92. The number of carbonyl (C=O) groups is 1. The molecule has 1 unspecified atom stereocenters. The Morgan fingerprint density at radius 1 is 1.33 bits per heavy atom. The molecule has 4 heteroatoms. The maximum Gasteiger partial charge on any atom is 0.317 e. The molecular formula is C14H26N2O2. The van der Waals surface area contributed by atoms with E-state index in [-0.39, 0.29) is 6.03 Å². The smallest absolute Gasteiger partial charge is 0.317 e. The van der Waals surface area contributed by atoms with E-state index >= 15 is 0 Å². The molecule has 0 aromatic heterocycles. The van der Waals surface area contributed by atoms with Gasteiger partial charge in [0.25, 0.3) is 0 Å². The first-order valence-corrected chi connectivity index (χ1v) is 7.42. The highest BCUT2D eigenvalue weighted by molar-refractivity contribution is 5.74. The molecule has 1 heterocycles. The van der Waals surface area contributed by atoms with Gasteiger partial charge in [-0.05, 0) is 25.7 Å². The highest BCUT2D eigenvalue weighted by atomic mass is 16.5. The molecule has 0 bridgehead atoms. The molecule has 1 saturated carbocycles. The normalized spacial score (nSPS) is 24.4. The van der Waals surface area contributed by atoms with Crippen molar-refractivity contribution in [3.63, 3.8) is 0 Å². The molecule has 2 aliphatic rings. The molecule has 2 rings (SSSR count). The Hall–Kier alpha value is -0.770. The average Bonchev–Trinajstić information content (AvgIpc) is 3.01. The van der Waals surface area contributed by atoms with Crippen molar-refractivity contribution in [3.05, 3.63) is 0 Å². The monoisotopic (exact) mass is 254 g/mol. The van der Waals surface area contributed by atoms with Crippen molar-refractivity contribution < 1.29 is 9.53 Å². The summed E-state index contributed by atoms with van der Waals surface area (Å²) in [6, 6.07) is 0.548. The first-order chi connectivity index (χ1) is 8.79. The molecule has 104 valence electrons. The first kappa shape index (κ1) is 13.7. The van der Waals surface area contributed by atoms with Crippen LogP contribution >= 0.6 is 0 Å². The molecule has 1 saturated heterocycles. The van der Waals surface area contributed by atoms with E-state index in [1.807, 2.05) is 4.90 Å². The molecule has 2 amide bonds. The Bertz CT molecular complexity index is 259. The SMILES string of the molecule is CCCN(CC1CCOC1)C(=O)NC1CCCC1. The molecule has 0 radical (unpaired) electrons. The summed E-state index contributed by atoms with van der Waals surface area (Å²) in [7, 11) is 0. The van der Waals surface area contributed by atoms with Crippen LogP contribution in [0.25, 0.3) is 0 Å². The van der Waals surface area contributed by atoms with Gasteiger partial charge in [0.2, 0.25) is 0 Å². The Kier molecular flexibility index (Phi) is 5.29. The second-order valence-corrected chi connectivity index (χ2v) is 5.61. The molecule has 1 atom stereocenters. The van der Waals surface area contributed by atoms with Gasteiger partial charge in [-0.25, -0.2) is 4.79 Å². The Balaban J connectivity index is 1.80. The molecule has 0 aromatic rings. The molecule has 0 spiro atoms. The third kappa shape index (κ3) is 3.87. The van der Waals surface area contributed by atoms with Crippen LogP contribution in [0.15, 0.2) is 0 Å². The Morgan fingerprint density at radius 3 is 2.72 bits per heavy atom. The van der Waals surface area contributed by atoms with Gasteiger partial charge < -0.3 is 15.0 Å². The Morgan fingerprint density at radius 2 is 2.11 bits per heavy atom. The first-order valence-electron chi connectivity index (χ1n) is 7.42. The molecule has 18 heavy (non-hydrogen) atoms. The number of nitrogens with zero attached hydrogens (tertiary/aromatic N) is 1. The average molecular weight is 254 g/mol. The summed E-state index contributed by atoms with van der Waals surface area (Å²) in [5.41, 5.74) is 0.